The van der Waals surface area contributed by atoms with Crippen LogP contribution in [0, 0.1) is 0 Å². The highest BCUT2D eigenvalue weighted by atomic mass is 35.5. The van der Waals surface area contributed by atoms with Crippen LogP contribution in [0.1, 0.15) is 10.4 Å². The van der Waals surface area contributed by atoms with E-state index in [1.807, 2.05) is 0 Å². The van der Waals surface area contributed by atoms with E-state index in [0.717, 1.165) is 0 Å². The van der Waals surface area contributed by atoms with Crippen LogP contribution in [0.4, 0.5) is 11.4 Å². The quantitative estimate of drug-likeness (QED) is 0.485. The third kappa shape index (κ3) is 4.59. The van der Waals surface area contributed by atoms with Gasteiger partial charge in [0.2, 0.25) is 0 Å². The molecule has 0 unspecified atom stereocenters. The van der Waals surface area contributed by atoms with E-state index in [1.54, 1.807) is 30.3 Å². The van der Waals surface area contributed by atoms with E-state index in [4.69, 9.17) is 34.8 Å². The van der Waals surface area contributed by atoms with Gasteiger partial charge >= 0.3 is 0 Å². The number of carbonyl (C=O) groups is 1. The molecule has 5 nitrogen and oxygen atoms in total. The van der Waals surface area contributed by atoms with Gasteiger partial charge in [0.1, 0.15) is 0 Å². The summed E-state index contributed by atoms with van der Waals surface area (Å²) < 4.78 is 27.3. The van der Waals surface area contributed by atoms with Gasteiger partial charge in [0.25, 0.3) is 15.9 Å². The lowest BCUT2D eigenvalue weighted by Gasteiger charge is -2.10. The molecule has 3 aromatic carbocycles. The van der Waals surface area contributed by atoms with Crippen molar-refractivity contribution in [2.24, 2.45) is 0 Å². The number of rotatable bonds is 5. The second kappa shape index (κ2) is 8.41. The molecule has 0 saturated carbocycles. The molecule has 3 rings (SSSR count). The van der Waals surface area contributed by atoms with Crippen LogP contribution in [0.25, 0.3) is 0 Å². The van der Waals surface area contributed by atoms with E-state index < -0.39 is 15.9 Å². The fourth-order valence-electron chi connectivity index (χ4n) is 2.34. The molecule has 0 saturated heterocycles. The Morgan fingerprint density at radius 2 is 1.39 bits per heavy atom. The number of benzene rings is 3. The molecular formula is C19H13Cl3N2O3S. The number of sulfonamides is 1. The molecule has 0 aliphatic heterocycles. The smallest absolute Gasteiger partial charge is 0.261 e. The molecule has 0 aliphatic carbocycles. The second-order valence-corrected chi connectivity index (χ2v) is 8.52. The molecule has 28 heavy (non-hydrogen) atoms. The summed E-state index contributed by atoms with van der Waals surface area (Å²) in [6.07, 6.45) is 0. The van der Waals surface area contributed by atoms with Crippen molar-refractivity contribution in [3.63, 3.8) is 0 Å². The minimum Gasteiger partial charge on any atom is -0.322 e. The molecule has 3 aromatic rings. The first-order valence-electron chi connectivity index (χ1n) is 7.91. The number of hydrogen-bond acceptors (Lipinski definition) is 3. The van der Waals surface area contributed by atoms with Crippen LogP contribution in [-0.2, 0) is 10.0 Å². The molecule has 0 bridgehead atoms. The van der Waals surface area contributed by atoms with Crippen LogP contribution >= 0.6 is 34.8 Å². The van der Waals surface area contributed by atoms with Gasteiger partial charge in [0.05, 0.1) is 25.5 Å². The van der Waals surface area contributed by atoms with E-state index in [1.165, 1.54) is 36.4 Å². The van der Waals surface area contributed by atoms with Crippen LogP contribution in [0.5, 0.6) is 0 Å². The van der Waals surface area contributed by atoms with E-state index in [9.17, 15) is 13.2 Å². The lowest BCUT2D eigenvalue weighted by molar-refractivity contribution is 0.102. The molecule has 144 valence electrons. The van der Waals surface area contributed by atoms with E-state index in [-0.39, 0.29) is 25.5 Å². The summed E-state index contributed by atoms with van der Waals surface area (Å²) >= 11 is 17.9. The Morgan fingerprint density at radius 1 is 0.750 bits per heavy atom. The molecule has 0 aliphatic rings. The fraction of sp³-hybridized carbons (Fsp3) is 0. The molecule has 0 atom stereocenters. The average molecular weight is 456 g/mol. The summed E-state index contributed by atoms with van der Waals surface area (Å²) in [6, 6.07) is 17.2. The van der Waals surface area contributed by atoms with Gasteiger partial charge < -0.3 is 5.32 Å². The van der Waals surface area contributed by atoms with Crippen molar-refractivity contribution in [1.29, 1.82) is 0 Å². The summed E-state index contributed by atoms with van der Waals surface area (Å²) in [7, 11) is -3.74. The highest BCUT2D eigenvalue weighted by Crippen LogP contribution is 2.33. The standard InChI is InChI=1S/C19H13Cl3N2O3S/c20-16-11-10-15(17(21)18(16)22)19(25)23-12-6-8-14(9-7-12)28(26,27)24-13-4-2-1-3-5-13/h1-11,24H,(H,23,25). The lowest BCUT2D eigenvalue weighted by Crippen LogP contribution is -2.14. The summed E-state index contributed by atoms with van der Waals surface area (Å²) in [5.41, 5.74) is 0.999. The monoisotopic (exact) mass is 454 g/mol. The first-order chi connectivity index (χ1) is 13.3. The Kier molecular flexibility index (Phi) is 6.15. The van der Waals surface area contributed by atoms with Gasteiger partial charge in [-0.3, -0.25) is 9.52 Å². The van der Waals surface area contributed by atoms with Crippen molar-refractivity contribution in [1.82, 2.24) is 0 Å². The van der Waals surface area contributed by atoms with Crippen molar-refractivity contribution >= 4 is 62.1 Å². The zero-order valence-electron chi connectivity index (χ0n) is 14.1. The van der Waals surface area contributed by atoms with Crippen LogP contribution < -0.4 is 10.0 Å². The van der Waals surface area contributed by atoms with Crippen LogP contribution in [-0.4, -0.2) is 14.3 Å². The SMILES string of the molecule is O=C(Nc1ccc(S(=O)(=O)Nc2ccccc2)cc1)c1ccc(Cl)c(Cl)c1Cl. The van der Waals surface area contributed by atoms with E-state index >= 15 is 0 Å². The molecule has 0 spiro atoms. The minimum absolute atomic E-state index is 0.0397. The van der Waals surface area contributed by atoms with Gasteiger partial charge in [0.15, 0.2) is 0 Å². The van der Waals surface area contributed by atoms with Crippen LogP contribution in [0.3, 0.4) is 0 Å². The molecule has 2 N–H and O–H groups in total. The Labute approximate surface area is 177 Å². The largest absolute Gasteiger partial charge is 0.322 e. The number of carbonyl (C=O) groups excluding carboxylic acids is 1. The molecule has 0 fully saturated rings. The first kappa shape index (κ1) is 20.5. The summed E-state index contributed by atoms with van der Waals surface area (Å²) in [6.45, 7) is 0. The summed E-state index contributed by atoms with van der Waals surface area (Å²) in [4.78, 5) is 12.5. The van der Waals surface area contributed by atoms with Crippen LogP contribution in [0.15, 0.2) is 71.6 Å². The van der Waals surface area contributed by atoms with Gasteiger partial charge in [-0.05, 0) is 48.5 Å². The van der Waals surface area contributed by atoms with Gasteiger partial charge in [0, 0.05) is 11.4 Å². The van der Waals surface area contributed by atoms with Gasteiger partial charge in [-0.1, -0.05) is 53.0 Å². The normalized spacial score (nSPS) is 11.1. The van der Waals surface area contributed by atoms with Crippen molar-refractivity contribution in [3.8, 4) is 0 Å². The van der Waals surface area contributed by atoms with Crippen molar-refractivity contribution in [3.05, 3.63) is 87.4 Å². The number of nitrogens with one attached hydrogen (secondary N) is 2. The van der Waals surface area contributed by atoms with Gasteiger partial charge in [-0.15, -0.1) is 0 Å². The highest BCUT2D eigenvalue weighted by Gasteiger charge is 2.17. The Hall–Kier alpha value is -2.25. The molecule has 9 heteroatoms. The van der Waals surface area contributed by atoms with Gasteiger partial charge in [-0.25, -0.2) is 8.42 Å². The maximum Gasteiger partial charge on any atom is 0.261 e. The zero-order valence-corrected chi connectivity index (χ0v) is 17.2. The number of para-hydroxylation sites is 1. The Balaban J connectivity index is 1.76. The van der Waals surface area contributed by atoms with Crippen molar-refractivity contribution in [2.45, 2.75) is 4.90 Å². The number of amides is 1. The lowest BCUT2D eigenvalue weighted by atomic mass is 10.2. The number of halogens is 3. The predicted octanol–water partition coefficient (Wildman–Crippen LogP) is 5.70. The van der Waals surface area contributed by atoms with E-state index in [0.29, 0.717) is 11.4 Å². The van der Waals surface area contributed by atoms with Crippen LogP contribution in [0.2, 0.25) is 15.1 Å². The van der Waals surface area contributed by atoms with E-state index in [2.05, 4.69) is 10.0 Å². The third-order valence-corrected chi connectivity index (χ3v) is 6.42. The molecule has 0 heterocycles. The topological polar surface area (TPSA) is 75.3 Å². The number of anilines is 2. The maximum atomic E-state index is 12.4. The Bertz CT molecular complexity index is 1120. The molecule has 0 radical (unpaired) electrons. The average Bonchev–Trinajstić information content (AvgIpc) is 2.67. The highest BCUT2D eigenvalue weighted by molar-refractivity contribution is 7.92. The molecular weight excluding hydrogens is 443 g/mol. The number of hydrogen-bond donors (Lipinski definition) is 2. The zero-order chi connectivity index (χ0) is 20.3. The molecule has 0 aromatic heterocycles. The van der Waals surface area contributed by atoms with Gasteiger partial charge in [-0.2, -0.15) is 0 Å². The minimum atomic E-state index is -3.74. The second-order valence-electron chi connectivity index (χ2n) is 5.67. The fourth-order valence-corrected chi connectivity index (χ4v) is 4.02. The van der Waals surface area contributed by atoms with Crippen molar-refractivity contribution < 1.29 is 13.2 Å². The molecule has 1 amide bonds. The Morgan fingerprint density at radius 3 is 2.04 bits per heavy atom. The predicted molar refractivity (Wildman–Crippen MR) is 113 cm³/mol. The maximum absolute atomic E-state index is 12.4. The summed E-state index contributed by atoms with van der Waals surface area (Å²) in [5, 5.41) is 3.00. The third-order valence-electron chi connectivity index (χ3n) is 3.73. The first-order valence-corrected chi connectivity index (χ1v) is 10.5. The summed E-state index contributed by atoms with van der Waals surface area (Å²) in [5.74, 6) is -0.499. The van der Waals surface area contributed by atoms with Crippen molar-refractivity contribution in [2.75, 3.05) is 10.0 Å².